The highest BCUT2D eigenvalue weighted by Gasteiger charge is 2.23. The highest BCUT2D eigenvalue weighted by atomic mass is 35.5. The van der Waals surface area contributed by atoms with Gasteiger partial charge in [-0.25, -0.2) is 12.8 Å². The zero-order valence-electron chi connectivity index (χ0n) is 13.1. The molecule has 2 rings (SSSR count). The average molecular weight is 371 g/mol. The zero-order chi connectivity index (χ0) is 17.9. The van der Waals surface area contributed by atoms with Crippen molar-refractivity contribution >= 4 is 38.9 Å². The van der Waals surface area contributed by atoms with E-state index in [2.05, 4.69) is 5.32 Å². The van der Waals surface area contributed by atoms with E-state index in [1.165, 1.54) is 18.2 Å². The minimum Gasteiger partial charge on any atom is -0.322 e. The van der Waals surface area contributed by atoms with Crippen LogP contribution in [-0.4, -0.2) is 27.1 Å². The molecule has 8 heteroatoms. The summed E-state index contributed by atoms with van der Waals surface area (Å²) in [6, 6.07) is 10.4. The van der Waals surface area contributed by atoms with Gasteiger partial charge in [-0.05, 0) is 36.8 Å². The summed E-state index contributed by atoms with van der Waals surface area (Å²) in [6.07, 6.45) is 0.990. The first kappa shape index (κ1) is 18.2. The lowest BCUT2D eigenvalue weighted by Gasteiger charge is -2.24. The van der Waals surface area contributed by atoms with Crippen molar-refractivity contribution in [1.29, 1.82) is 0 Å². The van der Waals surface area contributed by atoms with Crippen LogP contribution in [0.2, 0.25) is 5.02 Å². The molecule has 1 amide bonds. The first-order chi connectivity index (χ1) is 11.2. The Bertz CT molecular complexity index is 871. The van der Waals surface area contributed by atoms with Crippen LogP contribution in [0.1, 0.15) is 5.56 Å². The van der Waals surface area contributed by atoms with Gasteiger partial charge in [-0.2, -0.15) is 0 Å². The summed E-state index contributed by atoms with van der Waals surface area (Å²) in [7, 11) is -3.73. The molecular formula is C16H16ClFN2O3S. The van der Waals surface area contributed by atoms with Crippen LogP contribution in [0.4, 0.5) is 15.8 Å². The molecule has 0 aliphatic carbocycles. The average Bonchev–Trinajstić information content (AvgIpc) is 2.49. The van der Waals surface area contributed by atoms with E-state index in [1.54, 1.807) is 31.2 Å². The van der Waals surface area contributed by atoms with Crippen molar-refractivity contribution in [2.24, 2.45) is 0 Å². The van der Waals surface area contributed by atoms with E-state index < -0.39 is 28.3 Å². The molecule has 0 spiro atoms. The van der Waals surface area contributed by atoms with E-state index in [1.807, 2.05) is 0 Å². The monoisotopic (exact) mass is 370 g/mol. The summed E-state index contributed by atoms with van der Waals surface area (Å²) in [6.45, 7) is 1.17. The maximum atomic E-state index is 13.6. The normalized spacial score (nSPS) is 11.2. The molecule has 0 unspecified atom stereocenters. The number of anilines is 2. The van der Waals surface area contributed by atoms with Crippen LogP contribution < -0.4 is 9.62 Å². The number of sulfonamides is 1. The lowest BCUT2D eigenvalue weighted by Crippen LogP contribution is -2.38. The van der Waals surface area contributed by atoms with Crippen molar-refractivity contribution in [2.75, 3.05) is 22.4 Å². The summed E-state index contributed by atoms with van der Waals surface area (Å²) < 4.78 is 38.7. The first-order valence-electron chi connectivity index (χ1n) is 6.97. The van der Waals surface area contributed by atoms with Crippen LogP contribution in [0, 0.1) is 12.7 Å². The molecule has 0 saturated heterocycles. The van der Waals surface area contributed by atoms with Gasteiger partial charge in [0.2, 0.25) is 15.9 Å². The lowest BCUT2D eigenvalue weighted by molar-refractivity contribution is -0.114. The Labute approximate surface area is 145 Å². The van der Waals surface area contributed by atoms with Gasteiger partial charge in [0.05, 0.1) is 17.6 Å². The number of amides is 1. The van der Waals surface area contributed by atoms with Gasteiger partial charge in [-0.15, -0.1) is 0 Å². The van der Waals surface area contributed by atoms with Gasteiger partial charge in [0.15, 0.2) is 0 Å². The molecule has 0 aliphatic rings. The van der Waals surface area contributed by atoms with E-state index in [0.717, 1.165) is 10.6 Å². The SMILES string of the molecule is Cc1c(Cl)cccc1N(CC(=O)Nc1ccccc1F)S(C)(=O)=O. The molecule has 2 aromatic rings. The fourth-order valence-corrected chi connectivity index (χ4v) is 3.21. The molecular weight excluding hydrogens is 355 g/mol. The van der Waals surface area contributed by atoms with Gasteiger partial charge in [0.25, 0.3) is 0 Å². The number of benzene rings is 2. The molecule has 128 valence electrons. The summed E-state index contributed by atoms with van der Waals surface area (Å²) in [5, 5.41) is 2.75. The van der Waals surface area contributed by atoms with Crippen LogP contribution in [0.15, 0.2) is 42.5 Å². The smallest absolute Gasteiger partial charge is 0.245 e. The standard InChI is InChI=1S/C16H16ClFN2O3S/c1-11-12(17)6-5-9-15(11)20(24(2,22)23)10-16(21)19-14-8-4-3-7-13(14)18/h3-9H,10H2,1-2H3,(H,19,21). The molecule has 0 saturated carbocycles. The van der Waals surface area contributed by atoms with Gasteiger partial charge in [0, 0.05) is 5.02 Å². The molecule has 24 heavy (non-hydrogen) atoms. The predicted molar refractivity (Wildman–Crippen MR) is 93.4 cm³/mol. The maximum Gasteiger partial charge on any atom is 0.245 e. The van der Waals surface area contributed by atoms with Crippen molar-refractivity contribution in [3.8, 4) is 0 Å². The van der Waals surface area contributed by atoms with E-state index >= 15 is 0 Å². The second-order valence-electron chi connectivity index (χ2n) is 5.18. The van der Waals surface area contributed by atoms with Gasteiger partial charge >= 0.3 is 0 Å². The predicted octanol–water partition coefficient (Wildman–Crippen LogP) is 3.19. The Morgan fingerprint density at radius 3 is 2.50 bits per heavy atom. The van der Waals surface area contributed by atoms with Crippen LogP contribution in [-0.2, 0) is 14.8 Å². The fourth-order valence-electron chi connectivity index (χ4n) is 2.13. The number of carbonyl (C=O) groups excluding carboxylic acids is 1. The minimum atomic E-state index is -3.73. The van der Waals surface area contributed by atoms with E-state index in [-0.39, 0.29) is 5.69 Å². The molecule has 1 N–H and O–H groups in total. The van der Waals surface area contributed by atoms with Crippen LogP contribution in [0.25, 0.3) is 0 Å². The van der Waals surface area contributed by atoms with E-state index in [4.69, 9.17) is 11.6 Å². The molecule has 2 aromatic carbocycles. The van der Waals surface area contributed by atoms with Crippen molar-refractivity contribution in [3.05, 3.63) is 58.9 Å². The fraction of sp³-hybridized carbons (Fsp3) is 0.188. The Morgan fingerprint density at radius 2 is 1.88 bits per heavy atom. The molecule has 0 aliphatic heterocycles. The van der Waals surface area contributed by atoms with Gasteiger partial charge in [0.1, 0.15) is 12.4 Å². The molecule has 5 nitrogen and oxygen atoms in total. The highest BCUT2D eigenvalue weighted by molar-refractivity contribution is 7.92. The summed E-state index contributed by atoms with van der Waals surface area (Å²) in [5.74, 6) is -1.26. The molecule has 0 bridgehead atoms. The second kappa shape index (κ2) is 7.19. The van der Waals surface area contributed by atoms with Crippen LogP contribution >= 0.6 is 11.6 Å². The van der Waals surface area contributed by atoms with Gasteiger partial charge in [-0.3, -0.25) is 9.10 Å². The highest BCUT2D eigenvalue weighted by Crippen LogP contribution is 2.28. The van der Waals surface area contributed by atoms with Gasteiger partial charge in [-0.1, -0.05) is 29.8 Å². The summed E-state index contributed by atoms with van der Waals surface area (Å²) in [5.41, 5.74) is 0.815. The number of halogens is 2. The Balaban J connectivity index is 2.29. The molecule has 0 aromatic heterocycles. The number of nitrogens with one attached hydrogen (secondary N) is 1. The first-order valence-corrected chi connectivity index (χ1v) is 9.20. The molecule has 0 fully saturated rings. The Morgan fingerprint density at radius 1 is 1.21 bits per heavy atom. The number of para-hydroxylation sites is 1. The topological polar surface area (TPSA) is 66.5 Å². The molecule has 0 atom stereocenters. The third-order valence-electron chi connectivity index (χ3n) is 3.34. The van der Waals surface area contributed by atoms with Crippen molar-refractivity contribution in [2.45, 2.75) is 6.92 Å². The number of hydrogen-bond acceptors (Lipinski definition) is 3. The summed E-state index contributed by atoms with van der Waals surface area (Å²) in [4.78, 5) is 12.2. The Kier molecular flexibility index (Phi) is 5.46. The number of rotatable bonds is 5. The van der Waals surface area contributed by atoms with Gasteiger partial charge < -0.3 is 5.32 Å². The van der Waals surface area contributed by atoms with E-state index in [9.17, 15) is 17.6 Å². The number of hydrogen-bond donors (Lipinski definition) is 1. The van der Waals surface area contributed by atoms with Crippen molar-refractivity contribution < 1.29 is 17.6 Å². The molecule has 0 heterocycles. The van der Waals surface area contributed by atoms with Crippen LogP contribution in [0.5, 0.6) is 0 Å². The maximum absolute atomic E-state index is 13.6. The largest absolute Gasteiger partial charge is 0.322 e. The van der Waals surface area contributed by atoms with Crippen molar-refractivity contribution in [1.82, 2.24) is 0 Å². The quantitative estimate of drug-likeness (QED) is 0.878. The Hall–Kier alpha value is -2.12. The van der Waals surface area contributed by atoms with Crippen LogP contribution in [0.3, 0.4) is 0 Å². The number of carbonyl (C=O) groups is 1. The lowest BCUT2D eigenvalue weighted by atomic mass is 10.2. The number of nitrogens with zero attached hydrogens (tertiary/aromatic N) is 1. The summed E-state index contributed by atoms with van der Waals surface area (Å²) >= 11 is 6.02. The van der Waals surface area contributed by atoms with Crippen molar-refractivity contribution in [3.63, 3.8) is 0 Å². The second-order valence-corrected chi connectivity index (χ2v) is 7.50. The molecule has 0 radical (unpaired) electrons. The third-order valence-corrected chi connectivity index (χ3v) is 4.88. The van der Waals surface area contributed by atoms with E-state index in [0.29, 0.717) is 16.3 Å². The third kappa shape index (κ3) is 4.24. The zero-order valence-corrected chi connectivity index (χ0v) is 14.7. The minimum absolute atomic E-state index is 0.0150.